The van der Waals surface area contributed by atoms with Gasteiger partial charge in [0.2, 0.25) is 11.4 Å². The molecule has 0 N–H and O–H groups in total. The van der Waals surface area contributed by atoms with Crippen molar-refractivity contribution in [3.8, 4) is 44.8 Å². The van der Waals surface area contributed by atoms with Crippen LogP contribution in [0.3, 0.4) is 0 Å². The molecule has 0 aliphatic heterocycles. The smallest absolute Gasteiger partial charge is 0.201 e. The Balaban J connectivity index is 1.42. The molecule has 0 amide bonds. The van der Waals surface area contributed by atoms with Gasteiger partial charge in [0, 0.05) is 24.3 Å². The molecule has 1 aliphatic carbocycles. The van der Waals surface area contributed by atoms with E-state index in [0.717, 1.165) is 5.92 Å². The summed E-state index contributed by atoms with van der Waals surface area (Å²) in [6.45, 7) is 4.50. The molecule has 0 atom stereocenters. The van der Waals surface area contributed by atoms with E-state index in [1.807, 2.05) is 0 Å². The van der Waals surface area contributed by atoms with Gasteiger partial charge in [-0.1, -0.05) is 61.7 Å². The maximum absolute atomic E-state index is 2.37. The molecule has 5 aromatic rings. The summed E-state index contributed by atoms with van der Waals surface area (Å²) in [6, 6.07) is 34.0. The molecule has 2 heteroatoms. The zero-order valence-electron chi connectivity index (χ0n) is 24.3. The van der Waals surface area contributed by atoms with Crippen LogP contribution in [0, 0.1) is 13.8 Å². The first-order chi connectivity index (χ1) is 19.5. The van der Waals surface area contributed by atoms with E-state index >= 15 is 0 Å². The van der Waals surface area contributed by atoms with Gasteiger partial charge >= 0.3 is 0 Å². The van der Waals surface area contributed by atoms with Crippen molar-refractivity contribution in [2.75, 3.05) is 0 Å². The van der Waals surface area contributed by atoms with E-state index < -0.39 is 0 Å². The Labute approximate surface area is 239 Å². The van der Waals surface area contributed by atoms with Crippen LogP contribution >= 0.6 is 0 Å². The van der Waals surface area contributed by atoms with Crippen molar-refractivity contribution in [2.24, 2.45) is 14.1 Å². The molecule has 0 spiro atoms. The monoisotopic (exact) mass is 524 g/mol. The van der Waals surface area contributed by atoms with E-state index in [1.165, 1.54) is 93.6 Å². The van der Waals surface area contributed by atoms with Crippen molar-refractivity contribution in [2.45, 2.75) is 51.9 Å². The summed E-state index contributed by atoms with van der Waals surface area (Å²) in [5.41, 5.74) is 14.2. The Morgan fingerprint density at radius 2 is 1.12 bits per heavy atom. The third-order valence-corrected chi connectivity index (χ3v) is 8.93. The molecule has 0 radical (unpaired) electrons. The highest BCUT2D eigenvalue weighted by Crippen LogP contribution is 2.38. The molecule has 2 heterocycles. The van der Waals surface area contributed by atoms with Gasteiger partial charge in [0.05, 0.1) is 11.1 Å². The van der Waals surface area contributed by atoms with Gasteiger partial charge in [0.1, 0.15) is 14.1 Å². The summed E-state index contributed by atoms with van der Waals surface area (Å²) in [6.07, 6.45) is 11.1. The summed E-state index contributed by atoms with van der Waals surface area (Å²) in [7, 11) is 4.26. The summed E-state index contributed by atoms with van der Waals surface area (Å²) < 4.78 is 4.43. The van der Waals surface area contributed by atoms with Gasteiger partial charge in [-0.3, -0.25) is 0 Å². The molecule has 3 aromatic carbocycles. The van der Waals surface area contributed by atoms with Gasteiger partial charge < -0.3 is 0 Å². The lowest BCUT2D eigenvalue weighted by Crippen LogP contribution is -2.31. The zero-order valence-corrected chi connectivity index (χ0v) is 24.3. The number of pyridine rings is 2. The van der Waals surface area contributed by atoms with Crippen molar-refractivity contribution >= 4 is 0 Å². The van der Waals surface area contributed by atoms with Crippen molar-refractivity contribution in [3.05, 3.63) is 120 Å². The number of hydrogen-bond acceptors (Lipinski definition) is 0. The average molecular weight is 525 g/mol. The van der Waals surface area contributed by atoms with E-state index in [9.17, 15) is 0 Å². The SMILES string of the molecule is Cc1cc(-c2ccc(C3CCCCC3)cc2)ccc1-c1cc(-c2cccc[n+]2C)c(C)c(-c2cccc[n+]2C)c1. The van der Waals surface area contributed by atoms with Gasteiger partial charge in [-0.25, -0.2) is 9.13 Å². The van der Waals surface area contributed by atoms with Crippen molar-refractivity contribution in [1.29, 1.82) is 0 Å². The van der Waals surface area contributed by atoms with E-state index in [4.69, 9.17) is 0 Å². The normalized spacial score (nSPS) is 13.9. The molecular formula is C38H40N2+2. The quantitative estimate of drug-likeness (QED) is 0.203. The Morgan fingerprint density at radius 3 is 1.68 bits per heavy atom. The minimum absolute atomic E-state index is 0.745. The molecule has 40 heavy (non-hydrogen) atoms. The molecule has 2 aromatic heterocycles. The van der Waals surface area contributed by atoms with Crippen LogP contribution in [0.5, 0.6) is 0 Å². The molecule has 1 fully saturated rings. The first-order valence-electron chi connectivity index (χ1n) is 14.8. The largest absolute Gasteiger partial charge is 0.212 e. The third kappa shape index (κ3) is 5.11. The maximum Gasteiger partial charge on any atom is 0.212 e. The van der Waals surface area contributed by atoms with Gasteiger partial charge in [0.15, 0.2) is 12.4 Å². The Morgan fingerprint density at radius 1 is 0.550 bits per heavy atom. The second-order valence-corrected chi connectivity index (χ2v) is 11.6. The van der Waals surface area contributed by atoms with Crippen LogP contribution in [0.4, 0.5) is 0 Å². The lowest BCUT2D eigenvalue weighted by Gasteiger charge is -2.22. The molecule has 2 nitrogen and oxygen atoms in total. The van der Waals surface area contributed by atoms with Crippen LogP contribution in [0.2, 0.25) is 0 Å². The van der Waals surface area contributed by atoms with Gasteiger partial charge in [-0.15, -0.1) is 0 Å². The molecule has 0 unspecified atom stereocenters. The number of aryl methyl sites for hydroxylation is 3. The van der Waals surface area contributed by atoms with Crippen LogP contribution in [-0.4, -0.2) is 0 Å². The van der Waals surface area contributed by atoms with E-state index in [1.54, 1.807) is 0 Å². The summed E-state index contributed by atoms with van der Waals surface area (Å²) in [5, 5.41) is 0. The first-order valence-corrected chi connectivity index (χ1v) is 14.8. The second kappa shape index (κ2) is 11.2. The summed E-state index contributed by atoms with van der Waals surface area (Å²) in [5.74, 6) is 0.745. The Hall–Kier alpha value is -4.04. The summed E-state index contributed by atoms with van der Waals surface area (Å²) in [4.78, 5) is 0. The van der Waals surface area contributed by atoms with Crippen molar-refractivity contribution in [3.63, 3.8) is 0 Å². The number of benzene rings is 3. The third-order valence-electron chi connectivity index (χ3n) is 8.93. The van der Waals surface area contributed by atoms with Gasteiger partial charge in [-0.2, -0.15) is 0 Å². The first kappa shape index (κ1) is 26.2. The van der Waals surface area contributed by atoms with E-state index in [2.05, 4.69) is 140 Å². The minimum Gasteiger partial charge on any atom is -0.201 e. The predicted octanol–water partition coefficient (Wildman–Crippen LogP) is 8.67. The van der Waals surface area contributed by atoms with Crippen LogP contribution in [0.1, 0.15) is 54.7 Å². The van der Waals surface area contributed by atoms with Gasteiger partial charge in [0.25, 0.3) is 0 Å². The Kier molecular flexibility index (Phi) is 7.34. The molecule has 1 saturated carbocycles. The maximum atomic E-state index is 2.37. The molecule has 1 aliphatic rings. The molecule has 6 rings (SSSR count). The molecule has 0 saturated heterocycles. The fourth-order valence-corrected chi connectivity index (χ4v) is 6.56. The summed E-state index contributed by atoms with van der Waals surface area (Å²) >= 11 is 0. The second-order valence-electron chi connectivity index (χ2n) is 11.6. The standard InChI is InChI=1S/C38H40N2/c1-27-24-32(31-18-16-30(17-19-31)29-12-6-5-7-13-29)20-21-34(27)33-25-35(37-14-8-10-22-39(37)3)28(2)36(26-33)38-15-9-11-23-40(38)4/h8-11,14-26,29H,5-7,12-13H2,1-4H3/q+2. The molecule has 200 valence electrons. The highest BCUT2D eigenvalue weighted by Gasteiger charge is 2.21. The minimum atomic E-state index is 0.745. The van der Waals surface area contributed by atoms with Crippen LogP contribution in [0.15, 0.2) is 103 Å². The molecular weight excluding hydrogens is 484 g/mol. The fraction of sp³-hybridized carbons (Fsp3) is 0.263. The van der Waals surface area contributed by atoms with Crippen molar-refractivity contribution < 1.29 is 9.13 Å². The zero-order chi connectivity index (χ0) is 27.6. The predicted molar refractivity (Wildman–Crippen MR) is 166 cm³/mol. The topological polar surface area (TPSA) is 7.76 Å². The molecule has 0 bridgehead atoms. The fourth-order valence-electron chi connectivity index (χ4n) is 6.56. The number of hydrogen-bond donors (Lipinski definition) is 0. The lowest BCUT2D eigenvalue weighted by molar-refractivity contribution is -0.660. The average Bonchev–Trinajstić information content (AvgIpc) is 2.99. The Bertz CT molecular complexity index is 1590. The van der Waals surface area contributed by atoms with Gasteiger partial charge in [-0.05, 0) is 95.8 Å². The van der Waals surface area contributed by atoms with Crippen LogP contribution < -0.4 is 9.13 Å². The van der Waals surface area contributed by atoms with Crippen molar-refractivity contribution in [1.82, 2.24) is 0 Å². The number of nitrogens with zero attached hydrogens (tertiary/aromatic N) is 2. The highest BCUT2D eigenvalue weighted by molar-refractivity contribution is 5.83. The van der Waals surface area contributed by atoms with E-state index in [-0.39, 0.29) is 0 Å². The lowest BCUT2D eigenvalue weighted by atomic mass is 9.83. The highest BCUT2D eigenvalue weighted by atomic mass is 14.9. The van der Waals surface area contributed by atoms with Crippen LogP contribution in [0.25, 0.3) is 44.8 Å². The number of aromatic nitrogens is 2. The van der Waals surface area contributed by atoms with Crippen LogP contribution in [-0.2, 0) is 14.1 Å². The number of rotatable bonds is 5. The van der Waals surface area contributed by atoms with E-state index in [0.29, 0.717) is 0 Å².